The first-order chi connectivity index (χ1) is 10.7. The van der Waals surface area contributed by atoms with Crippen molar-refractivity contribution in [1.82, 2.24) is 30.1 Å². The van der Waals surface area contributed by atoms with Crippen LogP contribution in [0.2, 0.25) is 0 Å². The number of amides is 1. The van der Waals surface area contributed by atoms with Gasteiger partial charge in [0.1, 0.15) is 5.69 Å². The second-order valence-electron chi connectivity index (χ2n) is 5.66. The Bertz CT molecular complexity index is 831. The van der Waals surface area contributed by atoms with Crippen LogP contribution in [0.3, 0.4) is 0 Å². The fourth-order valence-corrected chi connectivity index (χ4v) is 2.55. The van der Waals surface area contributed by atoms with Gasteiger partial charge in [-0.25, -0.2) is 0 Å². The van der Waals surface area contributed by atoms with Gasteiger partial charge in [-0.3, -0.25) is 14.3 Å². The van der Waals surface area contributed by atoms with Gasteiger partial charge < -0.3 is 5.32 Å². The van der Waals surface area contributed by atoms with Crippen LogP contribution in [0.4, 0.5) is 0 Å². The predicted molar refractivity (Wildman–Crippen MR) is 79.4 cm³/mol. The molecule has 0 bridgehead atoms. The zero-order chi connectivity index (χ0) is 15.1. The zero-order valence-corrected chi connectivity index (χ0v) is 12.2. The molecule has 3 aromatic rings. The molecule has 7 heteroatoms. The number of aromatic nitrogens is 5. The summed E-state index contributed by atoms with van der Waals surface area (Å²) in [6.45, 7) is 1.88. The lowest BCUT2D eigenvalue weighted by atomic mass is 10.2. The van der Waals surface area contributed by atoms with Gasteiger partial charge in [-0.05, 0) is 38.0 Å². The lowest BCUT2D eigenvalue weighted by Gasteiger charge is -2.11. The van der Waals surface area contributed by atoms with Gasteiger partial charge in [0.25, 0.3) is 5.91 Å². The van der Waals surface area contributed by atoms with Crippen molar-refractivity contribution in [3.8, 4) is 0 Å². The Labute approximate surface area is 126 Å². The van der Waals surface area contributed by atoms with Gasteiger partial charge in [0.2, 0.25) is 0 Å². The Morgan fingerprint density at radius 3 is 3.09 bits per heavy atom. The number of nitrogens with zero attached hydrogens (tertiary/aromatic N) is 4. The number of hydrogen-bond acceptors (Lipinski definition) is 4. The summed E-state index contributed by atoms with van der Waals surface area (Å²) in [7, 11) is 0. The highest BCUT2D eigenvalue weighted by atomic mass is 16.2. The van der Waals surface area contributed by atoms with Crippen LogP contribution in [-0.2, 0) is 0 Å². The largest absolute Gasteiger partial charge is 0.341 e. The molecule has 7 nitrogen and oxygen atoms in total. The van der Waals surface area contributed by atoms with E-state index in [0.29, 0.717) is 17.4 Å². The van der Waals surface area contributed by atoms with Crippen molar-refractivity contribution in [3.63, 3.8) is 0 Å². The van der Waals surface area contributed by atoms with Crippen LogP contribution < -0.4 is 5.32 Å². The number of nitrogens with one attached hydrogen (secondary N) is 2. The van der Waals surface area contributed by atoms with E-state index >= 15 is 0 Å². The molecule has 1 amide bonds. The molecule has 1 aliphatic carbocycles. The Hall–Kier alpha value is -2.70. The Kier molecular flexibility index (Phi) is 2.92. The summed E-state index contributed by atoms with van der Waals surface area (Å²) in [5.74, 6) is 1.04. The minimum absolute atomic E-state index is 0.205. The molecule has 0 saturated heterocycles. The van der Waals surface area contributed by atoms with Crippen LogP contribution in [-0.4, -0.2) is 30.7 Å². The quantitative estimate of drug-likeness (QED) is 0.768. The maximum absolute atomic E-state index is 12.3. The maximum atomic E-state index is 12.3. The van der Waals surface area contributed by atoms with E-state index in [1.165, 1.54) is 12.8 Å². The third kappa shape index (κ3) is 2.24. The first-order valence-corrected chi connectivity index (χ1v) is 7.38. The highest BCUT2D eigenvalue weighted by molar-refractivity contribution is 5.92. The lowest BCUT2D eigenvalue weighted by Crippen LogP contribution is -2.28. The zero-order valence-electron chi connectivity index (χ0n) is 12.2. The van der Waals surface area contributed by atoms with Gasteiger partial charge in [0, 0.05) is 17.8 Å². The maximum Gasteiger partial charge on any atom is 0.272 e. The fourth-order valence-electron chi connectivity index (χ4n) is 2.55. The number of pyridine rings is 1. The summed E-state index contributed by atoms with van der Waals surface area (Å²) in [6, 6.07) is 7.26. The molecule has 3 aromatic heterocycles. The molecule has 3 heterocycles. The molecule has 2 N–H and O–H groups in total. The van der Waals surface area contributed by atoms with Gasteiger partial charge in [0.15, 0.2) is 11.5 Å². The van der Waals surface area contributed by atoms with Crippen molar-refractivity contribution < 1.29 is 4.79 Å². The third-order valence-corrected chi connectivity index (χ3v) is 3.92. The van der Waals surface area contributed by atoms with E-state index < -0.39 is 0 Å². The first kappa shape index (κ1) is 13.0. The minimum atomic E-state index is -0.258. The Balaban J connectivity index is 1.52. The van der Waals surface area contributed by atoms with E-state index in [9.17, 15) is 4.79 Å². The molecule has 0 aliphatic heterocycles. The van der Waals surface area contributed by atoms with Crippen molar-refractivity contribution in [2.45, 2.75) is 31.7 Å². The number of carbonyl (C=O) groups excluding carboxylic acids is 1. The molecular formula is C15H16N6O. The average molecular weight is 296 g/mol. The number of H-pyrrole nitrogens is 1. The van der Waals surface area contributed by atoms with Crippen LogP contribution in [0.1, 0.15) is 53.7 Å². The van der Waals surface area contributed by atoms with Crippen LogP contribution in [0.15, 0.2) is 30.5 Å². The smallest absolute Gasteiger partial charge is 0.272 e. The van der Waals surface area contributed by atoms with Crippen molar-refractivity contribution in [3.05, 3.63) is 47.7 Å². The third-order valence-electron chi connectivity index (χ3n) is 3.92. The summed E-state index contributed by atoms with van der Waals surface area (Å²) >= 11 is 0. The van der Waals surface area contributed by atoms with Crippen molar-refractivity contribution in [1.29, 1.82) is 0 Å². The van der Waals surface area contributed by atoms with Gasteiger partial charge in [-0.1, -0.05) is 6.07 Å². The molecule has 0 aromatic carbocycles. The SMILES string of the molecule is CC(NC(=O)c1cc(C2CC2)[nH]n1)c1nnc2ccccn12. The fraction of sp³-hybridized carbons (Fsp3) is 0.333. The molecule has 1 atom stereocenters. The van der Waals surface area contributed by atoms with E-state index in [-0.39, 0.29) is 11.9 Å². The van der Waals surface area contributed by atoms with Gasteiger partial charge in [-0.2, -0.15) is 5.10 Å². The molecule has 1 aliphatic rings. The number of rotatable bonds is 4. The summed E-state index contributed by atoms with van der Waals surface area (Å²) in [5, 5.41) is 18.2. The van der Waals surface area contributed by atoms with Crippen LogP contribution in [0.5, 0.6) is 0 Å². The van der Waals surface area contributed by atoms with E-state index in [2.05, 4.69) is 25.7 Å². The summed E-state index contributed by atoms with van der Waals surface area (Å²) < 4.78 is 1.87. The van der Waals surface area contributed by atoms with E-state index in [4.69, 9.17) is 0 Å². The molecule has 1 unspecified atom stereocenters. The summed E-state index contributed by atoms with van der Waals surface area (Å²) in [6.07, 6.45) is 4.23. The monoisotopic (exact) mass is 296 g/mol. The Morgan fingerprint density at radius 2 is 2.27 bits per heavy atom. The molecular weight excluding hydrogens is 280 g/mol. The molecule has 4 rings (SSSR count). The molecule has 1 saturated carbocycles. The minimum Gasteiger partial charge on any atom is -0.341 e. The second-order valence-corrected chi connectivity index (χ2v) is 5.66. The van der Waals surface area contributed by atoms with E-state index in [1.807, 2.05) is 41.8 Å². The highest BCUT2D eigenvalue weighted by Crippen LogP contribution is 2.38. The van der Waals surface area contributed by atoms with Crippen molar-refractivity contribution >= 4 is 11.6 Å². The lowest BCUT2D eigenvalue weighted by molar-refractivity contribution is 0.0933. The number of fused-ring (bicyclic) bond motifs is 1. The molecule has 22 heavy (non-hydrogen) atoms. The molecule has 0 spiro atoms. The van der Waals surface area contributed by atoms with Crippen LogP contribution in [0, 0.1) is 0 Å². The second kappa shape index (κ2) is 4.94. The van der Waals surface area contributed by atoms with E-state index in [1.54, 1.807) is 0 Å². The van der Waals surface area contributed by atoms with Crippen LogP contribution in [0.25, 0.3) is 5.65 Å². The van der Waals surface area contributed by atoms with Crippen molar-refractivity contribution in [2.75, 3.05) is 0 Å². The molecule has 0 radical (unpaired) electrons. The standard InChI is InChI=1S/C15H16N6O/c1-9(14-20-19-13-4-2-3-7-21(13)14)16-15(22)12-8-11(17-18-12)10-5-6-10/h2-4,7-10H,5-6H2,1H3,(H,16,22)(H,17,18). The molecule has 1 fully saturated rings. The normalized spacial score (nSPS) is 15.9. The highest BCUT2D eigenvalue weighted by Gasteiger charge is 2.27. The molecule has 112 valence electrons. The van der Waals surface area contributed by atoms with Gasteiger partial charge >= 0.3 is 0 Å². The predicted octanol–water partition coefficient (Wildman–Crippen LogP) is 1.82. The van der Waals surface area contributed by atoms with Crippen molar-refractivity contribution in [2.24, 2.45) is 0 Å². The summed E-state index contributed by atoms with van der Waals surface area (Å²) in [5.41, 5.74) is 2.22. The van der Waals surface area contributed by atoms with Gasteiger partial charge in [0.05, 0.1) is 6.04 Å². The Morgan fingerprint density at radius 1 is 1.41 bits per heavy atom. The number of hydrogen-bond donors (Lipinski definition) is 2. The average Bonchev–Trinajstić information content (AvgIpc) is 3.11. The van der Waals surface area contributed by atoms with Gasteiger partial charge in [-0.15, -0.1) is 10.2 Å². The topological polar surface area (TPSA) is 88.0 Å². The summed E-state index contributed by atoms with van der Waals surface area (Å²) in [4.78, 5) is 12.3. The van der Waals surface area contributed by atoms with E-state index in [0.717, 1.165) is 11.3 Å². The first-order valence-electron chi connectivity index (χ1n) is 7.38. The van der Waals surface area contributed by atoms with Crippen LogP contribution >= 0.6 is 0 Å². The number of carbonyl (C=O) groups is 1. The number of aromatic amines is 1.